The lowest BCUT2D eigenvalue weighted by Crippen LogP contribution is -2.29. The molecule has 3 amide bonds. The number of nitrogens with zero attached hydrogens (tertiary/aromatic N) is 1. The van der Waals surface area contributed by atoms with Crippen molar-refractivity contribution in [3.05, 3.63) is 59.2 Å². The van der Waals surface area contributed by atoms with Gasteiger partial charge in [-0.15, -0.1) is 0 Å². The first-order chi connectivity index (χ1) is 13.4. The molecule has 0 saturated carbocycles. The van der Waals surface area contributed by atoms with Crippen LogP contribution in [0, 0.1) is 0 Å². The molecule has 2 aromatic carbocycles. The van der Waals surface area contributed by atoms with Crippen LogP contribution in [0.4, 0.5) is 11.4 Å². The first kappa shape index (κ1) is 19.3. The summed E-state index contributed by atoms with van der Waals surface area (Å²) >= 11 is 0. The van der Waals surface area contributed by atoms with Crippen molar-refractivity contribution >= 4 is 35.1 Å². The summed E-state index contributed by atoms with van der Waals surface area (Å²) in [6.07, 6.45) is 1.66. The molecule has 144 valence electrons. The topological polar surface area (TPSA) is 92.8 Å². The number of benzene rings is 2. The number of anilines is 2. The van der Waals surface area contributed by atoms with Gasteiger partial charge in [0.25, 0.3) is 11.8 Å². The Hall–Kier alpha value is -3.48. The van der Waals surface area contributed by atoms with Crippen LogP contribution in [0.15, 0.2) is 42.5 Å². The van der Waals surface area contributed by atoms with E-state index in [1.54, 1.807) is 24.3 Å². The summed E-state index contributed by atoms with van der Waals surface area (Å²) in [4.78, 5) is 49.7. The lowest BCUT2D eigenvalue weighted by Gasteiger charge is -2.14. The molecule has 28 heavy (non-hydrogen) atoms. The van der Waals surface area contributed by atoms with Gasteiger partial charge in [0.2, 0.25) is 5.91 Å². The third kappa shape index (κ3) is 3.78. The lowest BCUT2D eigenvalue weighted by atomic mass is 10.1. The maximum absolute atomic E-state index is 12.8. The van der Waals surface area contributed by atoms with Crippen LogP contribution >= 0.6 is 0 Å². The molecule has 0 aromatic heterocycles. The molecule has 1 aliphatic rings. The number of fused-ring (bicyclic) bond motifs is 1. The molecule has 0 unspecified atom stereocenters. The van der Waals surface area contributed by atoms with Gasteiger partial charge in [-0.3, -0.25) is 14.4 Å². The quantitative estimate of drug-likeness (QED) is 0.471. The number of hydrogen-bond donors (Lipinski definition) is 1. The first-order valence-corrected chi connectivity index (χ1v) is 9.00. The molecule has 3 rings (SSSR count). The standard InChI is InChI=1S/C21H20N2O5/c1-3-4-11-28-21(27)14-5-10-17-18(12-14)20(26)23(19(17)25)16-8-6-15(7-9-16)22-13(2)24/h5-10,12H,3-4,11H2,1-2H3,(H,22,24). The molecule has 0 spiro atoms. The third-order valence-corrected chi connectivity index (χ3v) is 4.30. The van der Waals surface area contributed by atoms with E-state index in [0.29, 0.717) is 18.0 Å². The third-order valence-electron chi connectivity index (χ3n) is 4.30. The van der Waals surface area contributed by atoms with E-state index in [4.69, 9.17) is 4.74 Å². The summed E-state index contributed by atoms with van der Waals surface area (Å²) in [5.41, 5.74) is 1.58. The Bertz CT molecular complexity index is 950. The molecule has 0 radical (unpaired) electrons. The molecule has 0 bridgehead atoms. The average molecular weight is 380 g/mol. The Balaban J connectivity index is 1.83. The number of unbranched alkanes of at least 4 members (excludes halogenated alkanes) is 1. The van der Waals surface area contributed by atoms with E-state index in [0.717, 1.165) is 17.7 Å². The van der Waals surface area contributed by atoms with Gasteiger partial charge >= 0.3 is 5.97 Å². The molecular formula is C21H20N2O5. The van der Waals surface area contributed by atoms with Crippen molar-refractivity contribution in [2.45, 2.75) is 26.7 Å². The fourth-order valence-electron chi connectivity index (χ4n) is 2.89. The summed E-state index contributed by atoms with van der Waals surface area (Å²) in [6.45, 7) is 3.69. The Kier molecular flexibility index (Phi) is 5.54. The van der Waals surface area contributed by atoms with E-state index >= 15 is 0 Å². The van der Waals surface area contributed by atoms with Gasteiger partial charge in [0.05, 0.1) is 29.0 Å². The molecule has 0 fully saturated rings. The van der Waals surface area contributed by atoms with Crippen molar-refractivity contribution in [2.24, 2.45) is 0 Å². The Labute approximate surface area is 162 Å². The maximum atomic E-state index is 12.8. The van der Waals surface area contributed by atoms with Crippen molar-refractivity contribution < 1.29 is 23.9 Å². The van der Waals surface area contributed by atoms with Gasteiger partial charge in [-0.25, -0.2) is 9.69 Å². The zero-order chi connectivity index (χ0) is 20.3. The Morgan fingerprint density at radius 2 is 1.68 bits per heavy atom. The van der Waals surface area contributed by atoms with Gasteiger partial charge in [-0.1, -0.05) is 13.3 Å². The molecule has 0 aliphatic carbocycles. The monoisotopic (exact) mass is 380 g/mol. The largest absolute Gasteiger partial charge is 0.462 e. The van der Waals surface area contributed by atoms with Crippen molar-refractivity contribution in [2.75, 3.05) is 16.8 Å². The predicted molar refractivity (Wildman–Crippen MR) is 104 cm³/mol. The zero-order valence-electron chi connectivity index (χ0n) is 15.7. The predicted octanol–water partition coefficient (Wildman–Crippen LogP) is 3.40. The lowest BCUT2D eigenvalue weighted by molar-refractivity contribution is -0.114. The molecule has 1 N–H and O–H groups in total. The molecule has 0 atom stereocenters. The van der Waals surface area contributed by atoms with Gasteiger partial charge in [0, 0.05) is 12.6 Å². The summed E-state index contributed by atoms with van der Waals surface area (Å²) in [5, 5.41) is 2.62. The van der Waals surface area contributed by atoms with Crippen LogP contribution in [0.5, 0.6) is 0 Å². The zero-order valence-corrected chi connectivity index (χ0v) is 15.7. The Morgan fingerprint density at radius 1 is 1.00 bits per heavy atom. The smallest absolute Gasteiger partial charge is 0.338 e. The van der Waals surface area contributed by atoms with Crippen molar-refractivity contribution in [1.82, 2.24) is 0 Å². The molecule has 1 heterocycles. The minimum absolute atomic E-state index is 0.167. The van der Waals surface area contributed by atoms with Gasteiger partial charge in [0.1, 0.15) is 0 Å². The molecule has 1 aliphatic heterocycles. The van der Waals surface area contributed by atoms with E-state index in [1.807, 2.05) is 6.92 Å². The average Bonchev–Trinajstić information content (AvgIpc) is 2.92. The van der Waals surface area contributed by atoms with E-state index in [9.17, 15) is 19.2 Å². The van der Waals surface area contributed by atoms with E-state index in [2.05, 4.69) is 5.32 Å². The number of nitrogens with one attached hydrogen (secondary N) is 1. The fourth-order valence-corrected chi connectivity index (χ4v) is 2.89. The number of rotatable bonds is 6. The summed E-state index contributed by atoms with van der Waals surface area (Å²) in [7, 11) is 0. The summed E-state index contributed by atoms with van der Waals surface area (Å²) in [6, 6.07) is 10.7. The van der Waals surface area contributed by atoms with Crippen LogP contribution < -0.4 is 10.2 Å². The molecule has 7 nitrogen and oxygen atoms in total. The normalized spacial score (nSPS) is 12.7. The minimum atomic E-state index is -0.519. The highest BCUT2D eigenvalue weighted by atomic mass is 16.5. The van der Waals surface area contributed by atoms with Crippen LogP contribution in [-0.4, -0.2) is 30.3 Å². The van der Waals surface area contributed by atoms with Crippen LogP contribution in [0.25, 0.3) is 0 Å². The molecule has 2 aromatic rings. The number of imide groups is 1. The molecular weight excluding hydrogens is 360 g/mol. The first-order valence-electron chi connectivity index (χ1n) is 9.00. The van der Waals surface area contributed by atoms with Crippen LogP contribution in [0.2, 0.25) is 0 Å². The van der Waals surface area contributed by atoms with Crippen LogP contribution in [0.3, 0.4) is 0 Å². The van der Waals surface area contributed by atoms with Crippen LogP contribution in [-0.2, 0) is 9.53 Å². The van der Waals surface area contributed by atoms with Crippen molar-refractivity contribution in [3.63, 3.8) is 0 Å². The second-order valence-electron chi connectivity index (χ2n) is 6.42. The van der Waals surface area contributed by atoms with E-state index < -0.39 is 17.8 Å². The number of carbonyl (C=O) groups excluding carboxylic acids is 4. The Morgan fingerprint density at radius 3 is 2.32 bits per heavy atom. The SMILES string of the molecule is CCCCOC(=O)c1ccc2c(c1)C(=O)N(c1ccc(NC(C)=O)cc1)C2=O. The summed E-state index contributed by atoms with van der Waals surface area (Å²) < 4.78 is 5.16. The number of carbonyl (C=O) groups is 4. The van der Waals surface area contributed by atoms with E-state index in [1.165, 1.54) is 25.1 Å². The summed E-state index contributed by atoms with van der Waals surface area (Å²) in [5.74, 6) is -1.70. The molecule has 0 saturated heterocycles. The van der Waals surface area contributed by atoms with Gasteiger partial charge in [-0.05, 0) is 48.9 Å². The number of hydrogen-bond acceptors (Lipinski definition) is 5. The highest BCUT2D eigenvalue weighted by molar-refractivity contribution is 6.34. The van der Waals surface area contributed by atoms with Crippen molar-refractivity contribution in [3.8, 4) is 0 Å². The number of amides is 3. The number of ether oxygens (including phenoxy) is 1. The van der Waals surface area contributed by atoms with Gasteiger partial charge < -0.3 is 10.1 Å². The second-order valence-corrected chi connectivity index (χ2v) is 6.42. The molecule has 7 heteroatoms. The fraction of sp³-hybridized carbons (Fsp3) is 0.238. The second kappa shape index (κ2) is 8.04. The highest BCUT2D eigenvalue weighted by Crippen LogP contribution is 2.30. The van der Waals surface area contributed by atoms with Crippen molar-refractivity contribution in [1.29, 1.82) is 0 Å². The minimum Gasteiger partial charge on any atom is -0.462 e. The number of esters is 1. The van der Waals surface area contributed by atoms with E-state index in [-0.39, 0.29) is 22.6 Å². The highest BCUT2D eigenvalue weighted by Gasteiger charge is 2.37. The van der Waals surface area contributed by atoms with Gasteiger partial charge in [-0.2, -0.15) is 0 Å². The van der Waals surface area contributed by atoms with Crippen LogP contribution in [0.1, 0.15) is 57.8 Å². The van der Waals surface area contributed by atoms with Gasteiger partial charge in [0.15, 0.2) is 0 Å². The maximum Gasteiger partial charge on any atom is 0.338 e.